The van der Waals surface area contributed by atoms with Gasteiger partial charge in [-0.1, -0.05) is 24.3 Å². The maximum absolute atomic E-state index is 12.6. The van der Waals surface area contributed by atoms with Crippen molar-refractivity contribution in [2.45, 2.75) is 52.0 Å². The van der Waals surface area contributed by atoms with Crippen LogP contribution in [0.15, 0.2) is 47.1 Å². The molecule has 6 nitrogen and oxygen atoms in total. The van der Waals surface area contributed by atoms with E-state index in [1.165, 1.54) is 6.26 Å². The van der Waals surface area contributed by atoms with Crippen molar-refractivity contribution in [3.63, 3.8) is 0 Å². The van der Waals surface area contributed by atoms with E-state index in [2.05, 4.69) is 5.32 Å². The number of nitrogens with zero attached hydrogens (tertiary/aromatic N) is 1. The lowest BCUT2D eigenvalue weighted by Crippen LogP contribution is -2.45. The largest absolute Gasteiger partial charge is 0.459 e. The van der Waals surface area contributed by atoms with Gasteiger partial charge in [0.15, 0.2) is 5.76 Å². The van der Waals surface area contributed by atoms with E-state index in [4.69, 9.17) is 9.15 Å². The van der Waals surface area contributed by atoms with Crippen LogP contribution in [0, 0.1) is 0 Å². The van der Waals surface area contributed by atoms with Crippen molar-refractivity contribution in [1.82, 2.24) is 10.2 Å². The SMILES string of the molecule is CC(C)OCc1cccc(CNC(=O)C2CCCN2C(=O)c2ccco2)c1. The number of likely N-dealkylation sites (tertiary alicyclic amines) is 1. The first-order valence-electron chi connectivity index (χ1n) is 9.36. The minimum absolute atomic E-state index is 0.128. The molecule has 6 heteroatoms. The van der Waals surface area contributed by atoms with Crippen molar-refractivity contribution in [3.8, 4) is 0 Å². The van der Waals surface area contributed by atoms with Crippen molar-refractivity contribution in [1.29, 1.82) is 0 Å². The molecule has 1 fully saturated rings. The summed E-state index contributed by atoms with van der Waals surface area (Å²) in [6.45, 7) is 5.55. The van der Waals surface area contributed by atoms with E-state index in [1.54, 1.807) is 17.0 Å². The van der Waals surface area contributed by atoms with Crippen molar-refractivity contribution < 1.29 is 18.7 Å². The van der Waals surface area contributed by atoms with Gasteiger partial charge in [-0.25, -0.2) is 0 Å². The van der Waals surface area contributed by atoms with E-state index in [1.807, 2.05) is 38.1 Å². The molecule has 1 saturated heterocycles. The summed E-state index contributed by atoms with van der Waals surface area (Å²) in [7, 11) is 0. The molecule has 144 valence electrons. The van der Waals surface area contributed by atoms with Crippen molar-refractivity contribution in [2.75, 3.05) is 6.54 Å². The lowest BCUT2D eigenvalue weighted by Gasteiger charge is -2.23. The molecule has 1 aromatic heterocycles. The second kappa shape index (κ2) is 8.86. The zero-order valence-corrected chi connectivity index (χ0v) is 15.8. The van der Waals surface area contributed by atoms with E-state index in [0.717, 1.165) is 17.5 Å². The van der Waals surface area contributed by atoms with Crippen LogP contribution in [-0.2, 0) is 22.7 Å². The fraction of sp³-hybridized carbons (Fsp3) is 0.429. The number of furan rings is 1. The summed E-state index contributed by atoms with van der Waals surface area (Å²) in [6, 6.07) is 10.8. The Morgan fingerprint density at radius 1 is 1.26 bits per heavy atom. The Morgan fingerprint density at radius 3 is 2.81 bits per heavy atom. The summed E-state index contributed by atoms with van der Waals surface area (Å²) < 4.78 is 10.8. The maximum Gasteiger partial charge on any atom is 0.290 e. The van der Waals surface area contributed by atoms with Gasteiger partial charge in [-0.2, -0.15) is 0 Å². The molecule has 1 aliphatic rings. The number of amides is 2. The van der Waals surface area contributed by atoms with Gasteiger partial charge in [-0.05, 0) is 49.9 Å². The molecule has 2 aromatic rings. The normalized spacial score (nSPS) is 16.7. The predicted molar refractivity (Wildman–Crippen MR) is 101 cm³/mol. The molecule has 2 heterocycles. The number of ether oxygens (including phenoxy) is 1. The lowest BCUT2D eigenvalue weighted by atomic mass is 10.1. The van der Waals surface area contributed by atoms with Crippen LogP contribution in [-0.4, -0.2) is 35.4 Å². The monoisotopic (exact) mass is 370 g/mol. The molecule has 0 radical (unpaired) electrons. The number of rotatable bonds is 7. The van der Waals surface area contributed by atoms with Crippen LogP contribution < -0.4 is 5.32 Å². The Morgan fingerprint density at radius 2 is 2.07 bits per heavy atom. The average molecular weight is 370 g/mol. The third-order valence-corrected chi connectivity index (χ3v) is 4.59. The first kappa shape index (κ1) is 19.2. The standard InChI is InChI=1S/C21H26N2O4/c1-15(2)27-14-17-7-3-6-16(12-17)13-22-20(24)18-8-4-10-23(18)21(25)19-9-5-11-26-19/h3,5-7,9,11-12,15,18H,4,8,10,13-14H2,1-2H3,(H,22,24). The minimum Gasteiger partial charge on any atom is -0.459 e. The molecule has 0 spiro atoms. The average Bonchev–Trinajstić information content (AvgIpc) is 3.36. The Labute approximate surface area is 159 Å². The van der Waals surface area contributed by atoms with Gasteiger partial charge >= 0.3 is 0 Å². The zero-order valence-electron chi connectivity index (χ0n) is 15.8. The highest BCUT2D eigenvalue weighted by Crippen LogP contribution is 2.21. The highest BCUT2D eigenvalue weighted by molar-refractivity contribution is 5.95. The van der Waals surface area contributed by atoms with E-state index in [-0.39, 0.29) is 23.7 Å². The van der Waals surface area contributed by atoms with E-state index < -0.39 is 6.04 Å². The molecule has 1 atom stereocenters. The van der Waals surface area contributed by atoms with E-state index in [0.29, 0.717) is 26.1 Å². The molecule has 2 amide bonds. The molecule has 0 saturated carbocycles. The van der Waals surface area contributed by atoms with Crippen LogP contribution in [0.1, 0.15) is 48.4 Å². The van der Waals surface area contributed by atoms with Crippen LogP contribution >= 0.6 is 0 Å². The third-order valence-electron chi connectivity index (χ3n) is 4.59. The van der Waals surface area contributed by atoms with Gasteiger partial charge in [-0.15, -0.1) is 0 Å². The second-order valence-electron chi connectivity index (χ2n) is 7.03. The smallest absolute Gasteiger partial charge is 0.290 e. The summed E-state index contributed by atoms with van der Waals surface area (Å²) in [6.07, 6.45) is 3.12. The van der Waals surface area contributed by atoms with Crippen molar-refractivity contribution >= 4 is 11.8 Å². The molecule has 3 rings (SSSR count). The summed E-state index contributed by atoms with van der Waals surface area (Å²) in [5.41, 5.74) is 2.08. The maximum atomic E-state index is 12.6. The molecule has 0 bridgehead atoms. The van der Waals surface area contributed by atoms with Gasteiger partial charge in [0.2, 0.25) is 5.91 Å². The first-order chi connectivity index (χ1) is 13.0. The number of hydrogen-bond acceptors (Lipinski definition) is 4. The number of nitrogens with one attached hydrogen (secondary N) is 1. The Hall–Kier alpha value is -2.60. The lowest BCUT2D eigenvalue weighted by molar-refractivity contribution is -0.125. The van der Waals surface area contributed by atoms with Gasteiger partial charge in [0, 0.05) is 13.1 Å². The second-order valence-corrected chi connectivity index (χ2v) is 7.03. The van der Waals surface area contributed by atoms with Gasteiger partial charge < -0.3 is 19.4 Å². The van der Waals surface area contributed by atoms with Gasteiger partial charge in [-0.3, -0.25) is 9.59 Å². The van der Waals surface area contributed by atoms with Crippen molar-refractivity contribution in [2.24, 2.45) is 0 Å². The minimum atomic E-state index is -0.449. The number of benzene rings is 1. The van der Waals surface area contributed by atoms with Crippen LogP contribution in [0.2, 0.25) is 0 Å². The van der Waals surface area contributed by atoms with Crippen LogP contribution in [0.5, 0.6) is 0 Å². The molecule has 27 heavy (non-hydrogen) atoms. The number of hydrogen-bond donors (Lipinski definition) is 1. The predicted octanol–water partition coefficient (Wildman–Crippen LogP) is 3.13. The van der Waals surface area contributed by atoms with E-state index >= 15 is 0 Å². The van der Waals surface area contributed by atoms with Crippen LogP contribution in [0.25, 0.3) is 0 Å². The number of carbonyl (C=O) groups is 2. The number of carbonyl (C=O) groups excluding carboxylic acids is 2. The van der Waals surface area contributed by atoms with Crippen LogP contribution in [0.4, 0.5) is 0 Å². The topological polar surface area (TPSA) is 71.8 Å². The molecule has 1 unspecified atom stereocenters. The molecular formula is C21H26N2O4. The summed E-state index contributed by atoms with van der Waals surface area (Å²) >= 11 is 0. The molecule has 1 aromatic carbocycles. The molecular weight excluding hydrogens is 344 g/mol. The molecule has 1 N–H and O–H groups in total. The van der Waals surface area contributed by atoms with Crippen LogP contribution in [0.3, 0.4) is 0 Å². The quantitative estimate of drug-likeness (QED) is 0.813. The Balaban J connectivity index is 1.57. The van der Waals surface area contributed by atoms with Gasteiger partial charge in [0.25, 0.3) is 5.91 Å². The Bertz CT molecular complexity index is 770. The van der Waals surface area contributed by atoms with Crippen molar-refractivity contribution in [3.05, 3.63) is 59.5 Å². The van der Waals surface area contributed by atoms with Gasteiger partial charge in [0.05, 0.1) is 19.0 Å². The summed E-state index contributed by atoms with van der Waals surface area (Å²) in [5.74, 6) is -0.0886. The summed E-state index contributed by atoms with van der Waals surface area (Å²) in [5, 5.41) is 2.96. The fourth-order valence-electron chi connectivity index (χ4n) is 3.22. The molecule has 1 aliphatic heterocycles. The van der Waals surface area contributed by atoms with Gasteiger partial charge in [0.1, 0.15) is 6.04 Å². The Kier molecular flexibility index (Phi) is 6.29. The summed E-state index contributed by atoms with van der Waals surface area (Å²) in [4.78, 5) is 26.7. The van der Waals surface area contributed by atoms with E-state index in [9.17, 15) is 9.59 Å². The molecule has 0 aliphatic carbocycles. The first-order valence-corrected chi connectivity index (χ1v) is 9.36. The highest BCUT2D eigenvalue weighted by Gasteiger charge is 2.35. The zero-order chi connectivity index (χ0) is 19.2. The fourth-order valence-corrected chi connectivity index (χ4v) is 3.22. The highest BCUT2D eigenvalue weighted by atomic mass is 16.5. The third kappa shape index (κ3) is 4.98.